The summed E-state index contributed by atoms with van der Waals surface area (Å²) < 4.78 is 2.84. The van der Waals surface area contributed by atoms with Crippen LogP contribution in [0, 0.1) is 15.1 Å². The molecule has 1 radical (unpaired) electrons. The normalized spacial score (nSPS) is 18.6. The van der Waals surface area contributed by atoms with Gasteiger partial charge in [0.05, 0.1) is 5.25 Å². The molecule has 0 aliphatic carbocycles. The molecule has 0 bridgehead atoms. The van der Waals surface area contributed by atoms with E-state index in [0.29, 0.717) is 0 Å². The molecule has 0 spiro atoms. The highest BCUT2D eigenvalue weighted by Gasteiger charge is 2.18. The zero-order chi connectivity index (χ0) is 5.82. The molecule has 0 unspecified atom stereocenters. The predicted molar refractivity (Wildman–Crippen MR) is 49.7 cm³/mol. The molecule has 1 saturated heterocycles. The van der Waals surface area contributed by atoms with E-state index in [2.05, 4.69) is 32.4 Å². The molecule has 1 aliphatic heterocycles. The number of rotatable bonds is 1. The third kappa shape index (κ3) is 2.08. The topological polar surface area (TPSA) is 0 Å². The van der Waals surface area contributed by atoms with Crippen LogP contribution in [0.1, 0.15) is 6.42 Å². The summed E-state index contributed by atoms with van der Waals surface area (Å²) in [4.78, 5) is 0. The van der Waals surface area contributed by atoms with E-state index in [9.17, 15) is 0 Å². The molecule has 43 valence electrons. The van der Waals surface area contributed by atoms with Crippen molar-refractivity contribution in [3.05, 3.63) is 5.25 Å². The minimum absolute atomic E-state index is 1.00. The van der Waals surface area contributed by atoms with Crippen molar-refractivity contribution in [1.82, 2.24) is 0 Å². The Hall–Kier alpha value is 0.990. The molecule has 0 saturated carbocycles. The van der Waals surface area contributed by atoms with Crippen molar-refractivity contribution in [2.24, 2.45) is 0 Å². The second-order valence-electron chi connectivity index (χ2n) is 1.33. The fourth-order valence-electron chi connectivity index (χ4n) is 0.355. The molecule has 0 aromatic heterocycles. The van der Waals surface area contributed by atoms with Crippen LogP contribution in [0.25, 0.3) is 0 Å². The summed E-state index contributed by atoms with van der Waals surface area (Å²) in [6.07, 6.45) is 1.00. The summed E-state index contributed by atoms with van der Waals surface area (Å²) in [5.74, 6) is 4.23. The lowest BCUT2D eigenvalue weighted by Gasteiger charge is -2.19. The zero-order valence-electron chi connectivity index (χ0n) is 4.11. The van der Waals surface area contributed by atoms with Gasteiger partial charge < -0.3 is 0 Å². The summed E-state index contributed by atoms with van der Waals surface area (Å²) in [7, 11) is 3.78. The monoisotopic (exact) mass is 255 g/mol. The molecule has 8 heavy (non-hydrogen) atoms. The van der Waals surface area contributed by atoms with Gasteiger partial charge in [-0.1, -0.05) is 27.5 Å². The standard InChI is InChI=1S/C5H4IS2/c6-3-1-2-5-4-7-8-5/h2,4H2. The zero-order valence-corrected chi connectivity index (χ0v) is 7.90. The molecule has 0 N–H and O–H groups in total. The highest BCUT2D eigenvalue weighted by Crippen LogP contribution is 2.48. The smallest absolute Gasteiger partial charge is 0.0643 e. The molecule has 0 amide bonds. The number of hydrogen-bond donors (Lipinski definition) is 0. The summed E-state index contributed by atoms with van der Waals surface area (Å²) in [5, 5.41) is 1.53. The molecule has 0 aromatic carbocycles. The Labute approximate surface area is 71.1 Å². The van der Waals surface area contributed by atoms with Crippen LogP contribution in [0.15, 0.2) is 0 Å². The van der Waals surface area contributed by atoms with E-state index in [0.717, 1.165) is 6.42 Å². The van der Waals surface area contributed by atoms with E-state index in [4.69, 9.17) is 0 Å². The van der Waals surface area contributed by atoms with E-state index in [1.807, 2.05) is 21.6 Å². The maximum Gasteiger partial charge on any atom is 0.0643 e. The lowest BCUT2D eigenvalue weighted by molar-refractivity contribution is 1.21. The van der Waals surface area contributed by atoms with Crippen LogP contribution in [0.2, 0.25) is 0 Å². The largest absolute Gasteiger partial charge is 0.0919 e. The molecule has 0 atom stereocenters. The van der Waals surface area contributed by atoms with Gasteiger partial charge in [-0.25, -0.2) is 0 Å². The molecule has 1 fully saturated rings. The number of halogens is 1. The van der Waals surface area contributed by atoms with Gasteiger partial charge in [-0.15, -0.1) is 0 Å². The first-order valence-corrected chi connectivity index (χ1v) is 5.56. The Kier molecular flexibility index (Phi) is 3.47. The molecule has 3 heteroatoms. The fraction of sp³-hybridized carbons (Fsp3) is 0.400. The average molecular weight is 255 g/mol. The van der Waals surface area contributed by atoms with Crippen LogP contribution in [0.3, 0.4) is 0 Å². The van der Waals surface area contributed by atoms with Crippen molar-refractivity contribution < 1.29 is 0 Å². The number of hydrogen-bond acceptors (Lipinski definition) is 2. The van der Waals surface area contributed by atoms with E-state index in [1.165, 1.54) is 11.0 Å². The van der Waals surface area contributed by atoms with Crippen molar-refractivity contribution in [2.45, 2.75) is 6.42 Å². The first kappa shape index (κ1) is 7.10. The maximum atomic E-state index is 3.02. The molecule has 1 rings (SSSR count). The quantitative estimate of drug-likeness (QED) is 0.401. The van der Waals surface area contributed by atoms with Crippen LogP contribution in [-0.2, 0) is 0 Å². The van der Waals surface area contributed by atoms with E-state index in [-0.39, 0.29) is 0 Å². The predicted octanol–water partition coefficient (Wildman–Crippen LogP) is 2.70. The van der Waals surface area contributed by atoms with Crippen LogP contribution in [0.5, 0.6) is 0 Å². The van der Waals surface area contributed by atoms with Gasteiger partial charge in [0.25, 0.3) is 0 Å². The Morgan fingerprint density at radius 2 is 2.50 bits per heavy atom. The summed E-state index contributed by atoms with van der Waals surface area (Å²) in [6, 6.07) is 0. The van der Waals surface area contributed by atoms with Gasteiger partial charge in [0.1, 0.15) is 0 Å². The lowest BCUT2D eigenvalue weighted by atomic mass is 10.3. The van der Waals surface area contributed by atoms with Crippen LogP contribution >= 0.6 is 44.2 Å². The molecule has 1 aliphatic rings. The highest BCUT2D eigenvalue weighted by atomic mass is 127. The van der Waals surface area contributed by atoms with Gasteiger partial charge in [0, 0.05) is 34.8 Å². The molecule has 0 nitrogen and oxygen atoms in total. The third-order valence-corrected chi connectivity index (χ3v) is 3.84. The van der Waals surface area contributed by atoms with E-state index in [1.54, 1.807) is 0 Å². The van der Waals surface area contributed by atoms with Crippen LogP contribution < -0.4 is 0 Å². The molecule has 1 heterocycles. The molecular weight excluding hydrogens is 251 g/mol. The Balaban J connectivity index is 2.07. The summed E-state index contributed by atoms with van der Waals surface area (Å²) >= 11 is 2.07. The van der Waals surface area contributed by atoms with Crippen molar-refractivity contribution in [2.75, 3.05) is 5.75 Å². The first-order chi connectivity index (χ1) is 3.93. The molecular formula is C5H4IS2. The Bertz CT molecular complexity index is 120. The van der Waals surface area contributed by atoms with Gasteiger partial charge in [0.2, 0.25) is 0 Å². The average Bonchev–Trinajstić information content (AvgIpc) is 1.63. The van der Waals surface area contributed by atoms with E-state index < -0.39 is 0 Å². The van der Waals surface area contributed by atoms with Gasteiger partial charge in [-0.2, -0.15) is 0 Å². The minimum Gasteiger partial charge on any atom is -0.0919 e. The second kappa shape index (κ2) is 3.91. The van der Waals surface area contributed by atoms with Crippen LogP contribution in [-0.4, -0.2) is 5.75 Å². The Morgan fingerprint density at radius 1 is 1.75 bits per heavy atom. The van der Waals surface area contributed by atoms with Gasteiger partial charge in [-0.05, 0) is 3.93 Å². The van der Waals surface area contributed by atoms with Crippen molar-refractivity contribution in [3.8, 4) is 9.85 Å². The minimum atomic E-state index is 1.00. The highest BCUT2D eigenvalue weighted by molar-refractivity contribution is 14.1. The van der Waals surface area contributed by atoms with Crippen molar-refractivity contribution in [3.63, 3.8) is 0 Å². The Morgan fingerprint density at radius 3 is 2.88 bits per heavy atom. The first-order valence-electron chi connectivity index (χ1n) is 2.16. The molecule has 0 aromatic rings. The SMILES string of the molecule is IC#CC[C]1CSS1. The lowest BCUT2D eigenvalue weighted by Crippen LogP contribution is -2.00. The van der Waals surface area contributed by atoms with Gasteiger partial charge in [0.15, 0.2) is 0 Å². The maximum absolute atomic E-state index is 3.02. The summed E-state index contributed by atoms with van der Waals surface area (Å²) in [5.41, 5.74) is 0. The van der Waals surface area contributed by atoms with Gasteiger partial charge in [-0.3, -0.25) is 0 Å². The van der Waals surface area contributed by atoms with Gasteiger partial charge >= 0.3 is 0 Å². The van der Waals surface area contributed by atoms with Crippen molar-refractivity contribution >= 4 is 44.2 Å². The fourth-order valence-corrected chi connectivity index (χ4v) is 2.09. The van der Waals surface area contributed by atoms with Crippen LogP contribution in [0.4, 0.5) is 0 Å². The van der Waals surface area contributed by atoms with Crippen molar-refractivity contribution in [1.29, 1.82) is 0 Å². The third-order valence-electron chi connectivity index (χ3n) is 0.749. The van der Waals surface area contributed by atoms with E-state index >= 15 is 0 Å². The second-order valence-corrected chi connectivity index (χ2v) is 4.35. The summed E-state index contributed by atoms with van der Waals surface area (Å²) in [6.45, 7) is 0.